The topological polar surface area (TPSA) is 71.0 Å². The molecule has 7 heteroatoms. The highest BCUT2D eigenvalue weighted by Crippen LogP contribution is 2.36. The Balaban J connectivity index is 1.17. The van der Waals surface area contributed by atoms with Crippen LogP contribution in [0.2, 0.25) is 5.02 Å². The highest BCUT2D eigenvalue weighted by Gasteiger charge is 2.30. The second-order valence-electron chi connectivity index (χ2n) is 7.81. The Hall–Kier alpha value is -4.16. The molecule has 2 amide bonds. The van der Waals surface area contributed by atoms with Gasteiger partial charge in [0.1, 0.15) is 18.9 Å². The Morgan fingerprint density at radius 2 is 1.74 bits per heavy atom. The maximum atomic E-state index is 12.8. The molecule has 4 aromatic carbocycles. The van der Waals surface area contributed by atoms with Crippen molar-refractivity contribution in [2.45, 2.75) is 6.61 Å². The third kappa shape index (κ3) is 4.36. The first kappa shape index (κ1) is 21.7. The van der Waals surface area contributed by atoms with E-state index in [-0.39, 0.29) is 18.4 Å². The molecule has 0 saturated heterocycles. The molecule has 4 aromatic rings. The third-order valence-electron chi connectivity index (χ3n) is 5.59. The number of carbonyl (C=O) groups is 2. The molecule has 0 saturated carbocycles. The average molecular weight is 470 g/mol. The molecule has 0 fully saturated rings. The third-order valence-corrected chi connectivity index (χ3v) is 5.95. The van der Waals surface area contributed by atoms with Crippen molar-refractivity contribution in [3.8, 4) is 5.75 Å². The molecule has 6 nitrogen and oxygen atoms in total. The maximum absolute atomic E-state index is 12.8. The van der Waals surface area contributed by atoms with Crippen LogP contribution in [0.3, 0.4) is 0 Å². The van der Waals surface area contributed by atoms with Crippen molar-refractivity contribution in [2.24, 2.45) is 5.10 Å². The van der Waals surface area contributed by atoms with Crippen LogP contribution in [0.15, 0.2) is 90.0 Å². The van der Waals surface area contributed by atoms with E-state index in [2.05, 4.69) is 10.5 Å². The van der Waals surface area contributed by atoms with E-state index in [0.29, 0.717) is 22.9 Å². The van der Waals surface area contributed by atoms with Gasteiger partial charge in [-0.25, -0.2) is 5.43 Å². The van der Waals surface area contributed by atoms with Crippen molar-refractivity contribution in [1.29, 1.82) is 0 Å². The number of halogens is 1. The first-order valence-electron chi connectivity index (χ1n) is 10.7. The van der Waals surface area contributed by atoms with Crippen molar-refractivity contribution in [3.05, 3.63) is 107 Å². The van der Waals surface area contributed by atoms with Crippen molar-refractivity contribution >= 4 is 46.1 Å². The van der Waals surface area contributed by atoms with Gasteiger partial charge in [-0.3, -0.25) is 14.5 Å². The zero-order chi connectivity index (χ0) is 23.5. The van der Waals surface area contributed by atoms with Gasteiger partial charge in [0.05, 0.1) is 11.9 Å². The van der Waals surface area contributed by atoms with Crippen molar-refractivity contribution in [1.82, 2.24) is 5.43 Å². The Labute approximate surface area is 201 Å². The van der Waals surface area contributed by atoms with Crippen molar-refractivity contribution in [2.75, 3.05) is 11.4 Å². The maximum Gasteiger partial charge on any atom is 0.260 e. The summed E-state index contributed by atoms with van der Waals surface area (Å²) < 4.78 is 5.77. The lowest BCUT2D eigenvalue weighted by Crippen LogP contribution is -2.37. The molecule has 1 heterocycles. The molecule has 34 heavy (non-hydrogen) atoms. The number of nitrogens with one attached hydrogen (secondary N) is 1. The molecule has 5 rings (SSSR count). The van der Waals surface area contributed by atoms with E-state index in [9.17, 15) is 9.59 Å². The minimum absolute atomic E-state index is 0.112. The molecular formula is C27H20ClN3O3. The van der Waals surface area contributed by atoms with Crippen LogP contribution in [0.5, 0.6) is 5.75 Å². The fourth-order valence-corrected chi connectivity index (χ4v) is 4.11. The van der Waals surface area contributed by atoms with Gasteiger partial charge in [0.15, 0.2) is 0 Å². The van der Waals surface area contributed by atoms with Crippen LogP contribution in [-0.2, 0) is 11.4 Å². The second-order valence-corrected chi connectivity index (χ2v) is 8.22. The number of benzene rings is 4. The summed E-state index contributed by atoms with van der Waals surface area (Å²) >= 11 is 6.15. The number of rotatable bonds is 7. The molecule has 0 bridgehead atoms. The van der Waals surface area contributed by atoms with Gasteiger partial charge in [0.2, 0.25) is 0 Å². The number of hydrogen-bond donors (Lipinski definition) is 1. The molecule has 1 N–H and O–H groups in total. The van der Waals surface area contributed by atoms with Gasteiger partial charge in [-0.05, 0) is 53.4 Å². The van der Waals surface area contributed by atoms with Crippen LogP contribution < -0.4 is 15.1 Å². The minimum atomic E-state index is -0.380. The van der Waals surface area contributed by atoms with Gasteiger partial charge in [-0.2, -0.15) is 5.10 Å². The number of anilines is 1. The number of ether oxygens (including phenoxy) is 1. The van der Waals surface area contributed by atoms with Crippen molar-refractivity contribution in [3.63, 3.8) is 0 Å². The molecule has 168 valence electrons. The lowest BCUT2D eigenvalue weighted by molar-refractivity contribution is -0.119. The zero-order valence-electron chi connectivity index (χ0n) is 18.1. The molecule has 1 aliphatic rings. The monoisotopic (exact) mass is 469 g/mol. The lowest BCUT2D eigenvalue weighted by atomic mass is 10.1. The summed E-state index contributed by atoms with van der Waals surface area (Å²) in [6.45, 7) is 0.259. The summed E-state index contributed by atoms with van der Waals surface area (Å²) in [4.78, 5) is 26.7. The fourth-order valence-electron chi connectivity index (χ4n) is 3.92. The highest BCUT2D eigenvalue weighted by molar-refractivity contribution is 6.31. The standard InChI is InChI=1S/C27H20ClN3O3/c28-23-9-2-1-5-20(23)17-34-21-13-11-18(12-14-21)15-29-30-25(32)16-31-24-10-4-7-19-6-3-8-22(26(19)24)27(31)33/h1-15H,16-17H2,(H,30,32)/b29-15-. The molecule has 0 aromatic heterocycles. The second kappa shape index (κ2) is 9.37. The minimum Gasteiger partial charge on any atom is -0.489 e. The van der Waals surface area contributed by atoms with Gasteiger partial charge in [-0.15, -0.1) is 0 Å². The zero-order valence-corrected chi connectivity index (χ0v) is 18.8. The van der Waals surface area contributed by atoms with E-state index < -0.39 is 0 Å². The number of hydrogen-bond acceptors (Lipinski definition) is 4. The summed E-state index contributed by atoms with van der Waals surface area (Å²) in [6.07, 6.45) is 1.54. The highest BCUT2D eigenvalue weighted by atomic mass is 35.5. The Morgan fingerprint density at radius 1 is 0.971 bits per heavy atom. The number of hydrazone groups is 1. The predicted octanol–water partition coefficient (Wildman–Crippen LogP) is 5.18. The Bertz CT molecular complexity index is 1410. The van der Waals surface area contributed by atoms with Crippen LogP contribution >= 0.6 is 11.6 Å². The van der Waals surface area contributed by atoms with E-state index in [4.69, 9.17) is 16.3 Å². The van der Waals surface area contributed by atoms with E-state index in [1.165, 1.54) is 11.1 Å². The molecule has 0 radical (unpaired) electrons. The first-order valence-corrected chi connectivity index (χ1v) is 11.1. The molecule has 0 unspecified atom stereocenters. The molecule has 0 aliphatic carbocycles. The summed E-state index contributed by atoms with van der Waals surface area (Å²) in [6, 6.07) is 26.1. The summed E-state index contributed by atoms with van der Waals surface area (Å²) in [5, 5.41) is 6.54. The largest absolute Gasteiger partial charge is 0.489 e. The van der Waals surface area contributed by atoms with Gasteiger partial charge >= 0.3 is 0 Å². The fraction of sp³-hybridized carbons (Fsp3) is 0.0741. The van der Waals surface area contributed by atoms with Crippen molar-refractivity contribution < 1.29 is 14.3 Å². The number of carbonyl (C=O) groups excluding carboxylic acids is 2. The van der Waals surface area contributed by atoms with Gasteiger partial charge in [0, 0.05) is 21.5 Å². The average Bonchev–Trinajstić information content (AvgIpc) is 3.12. The van der Waals surface area contributed by atoms with E-state index in [0.717, 1.165) is 27.6 Å². The van der Waals surface area contributed by atoms with E-state index >= 15 is 0 Å². The summed E-state index contributed by atoms with van der Waals surface area (Å²) in [5.41, 5.74) is 5.55. The van der Waals surface area contributed by atoms with Crippen LogP contribution in [0, 0.1) is 0 Å². The Morgan fingerprint density at radius 3 is 2.53 bits per heavy atom. The molecular weight excluding hydrogens is 450 g/mol. The van der Waals surface area contributed by atoms with Crippen LogP contribution in [0.25, 0.3) is 10.8 Å². The predicted molar refractivity (Wildman–Crippen MR) is 134 cm³/mol. The summed E-state index contributed by atoms with van der Waals surface area (Å²) in [5.74, 6) is 0.134. The normalized spacial score (nSPS) is 12.5. The smallest absolute Gasteiger partial charge is 0.260 e. The van der Waals surface area contributed by atoms with Crippen LogP contribution in [0.1, 0.15) is 21.5 Å². The number of nitrogens with zero attached hydrogens (tertiary/aromatic N) is 2. The SMILES string of the molecule is O=C(CN1C(=O)c2cccc3cccc1c23)N/N=C\c1ccc(OCc2ccccc2Cl)cc1. The van der Waals surface area contributed by atoms with E-state index in [1.807, 2.05) is 78.9 Å². The van der Waals surface area contributed by atoms with Crippen LogP contribution in [0.4, 0.5) is 5.69 Å². The number of amides is 2. The van der Waals surface area contributed by atoms with Crippen LogP contribution in [-0.4, -0.2) is 24.6 Å². The molecule has 1 aliphatic heterocycles. The molecule has 0 atom stereocenters. The molecule has 0 spiro atoms. The Kier molecular flexibility index (Phi) is 5.97. The van der Waals surface area contributed by atoms with Gasteiger partial charge in [-0.1, -0.05) is 54.1 Å². The summed E-state index contributed by atoms with van der Waals surface area (Å²) in [7, 11) is 0. The quantitative estimate of drug-likeness (QED) is 0.299. The van der Waals surface area contributed by atoms with Gasteiger partial charge in [0.25, 0.3) is 11.8 Å². The van der Waals surface area contributed by atoms with E-state index in [1.54, 1.807) is 6.07 Å². The first-order chi connectivity index (χ1) is 16.6. The lowest BCUT2D eigenvalue weighted by Gasteiger charge is -2.16. The van der Waals surface area contributed by atoms with Gasteiger partial charge < -0.3 is 4.74 Å².